The number of furan rings is 1. The van der Waals surface area contributed by atoms with E-state index in [0.717, 1.165) is 30.5 Å². The molecule has 0 bridgehead atoms. The van der Waals surface area contributed by atoms with E-state index in [2.05, 4.69) is 17.2 Å². The first kappa shape index (κ1) is 13.1. The van der Waals surface area contributed by atoms with E-state index in [0.29, 0.717) is 5.02 Å². The molecule has 2 aromatic heterocycles. The van der Waals surface area contributed by atoms with Gasteiger partial charge in [0.15, 0.2) is 0 Å². The molecule has 4 heteroatoms. The lowest BCUT2D eigenvalue weighted by atomic mass is 10.0. The first-order valence-electron chi connectivity index (χ1n) is 6.15. The van der Waals surface area contributed by atoms with Crippen LogP contribution in [0, 0.1) is 0 Å². The Morgan fingerprint density at radius 2 is 2.33 bits per heavy atom. The minimum absolute atomic E-state index is 0.226. The Balaban J connectivity index is 2.13. The van der Waals surface area contributed by atoms with Gasteiger partial charge in [0.25, 0.3) is 0 Å². The summed E-state index contributed by atoms with van der Waals surface area (Å²) in [5, 5.41) is 4.22. The second-order valence-corrected chi connectivity index (χ2v) is 4.64. The van der Waals surface area contributed by atoms with Crippen molar-refractivity contribution >= 4 is 11.6 Å². The molecule has 1 atom stereocenters. The lowest BCUT2D eigenvalue weighted by molar-refractivity contribution is 0.512. The van der Waals surface area contributed by atoms with Crippen LogP contribution in [0.15, 0.2) is 41.5 Å². The number of halogens is 1. The van der Waals surface area contributed by atoms with Crippen molar-refractivity contribution in [3.05, 3.63) is 53.2 Å². The van der Waals surface area contributed by atoms with Crippen LogP contribution in [0.5, 0.6) is 0 Å². The normalized spacial score (nSPS) is 12.6. The van der Waals surface area contributed by atoms with Gasteiger partial charge in [-0.2, -0.15) is 0 Å². The number of nitrogens with zero attached hydrogens (tertiary/aromatic N) is 1. The average Bonchev–Trinajstić information content (AvgIpc) is 2.90. The van der Waals surface area contributed by atoms with E-state index in [-0.39, 0.29) is 6.04 Å². The quantitative estimate of drug-likeness (QED) is 0.866. The number of hydrogen-bond donors (Lipinski definition) is 1. The first-order valence-corrected chi connectivity index (χ1v) is 6.53. The van der Waals surface area contributed by atoms with E-state index in [1.54, 1.807) is 24.9 Å². The van der Waals surface area contributed by atoms with Gasteiger partial charge in [0, 0.05) is 24.0 Å². The van der Waals surface area contributed by atoms with Gasteiger partial charge in [-0.3, -0.25) is 4.98 Å². The predicted octanol–water partition coefficient (Wildman–Crippen LogP) is 3.61. The summed E-state index contributed by atoms with van der Waals surface area (Å²) in [6.45, 7) is 3.12. The van der Waals surface area contributed by atoms with Crippen molar-refractivity contribution in [1.82, 2.24) is 10.3 Å². The Bertz CT molecular complexity index is 470. The van der Waals surface area contributed by atoms with E-state index in [4.69, 9.17) is 16.0 Å². The summed E-state index contributed by atoms with van der Waals surface area (Å²) < 4.78 is 5.16. The highest BCUT2D eigenvalue weighted by atomic mass is 35.5. The SMILES string of the molecule is CCCNC(Cc1ccncc1Cl)c1ccoc1. The molecule has 0 aliphatic carbocycles. The van der Waals surface area contributed by atoms with Gasteiger partial charge in [0.2, 0.25) is 0 Å². The molecule has 0 amide bonds. The van der Waals surface area contributed by atoms with Gasteiger partial charge >= 0.3 is 0 Å². The van der Waals surface area contributed by atoms with Crippen LogP contribution in [0.1, 0.15) is 30.5 Å². The zero-order valence-corrected chi connectivity index (χ0v) is 11.2. The summed E-state index contributed by atoms with van der Waals surface area (Å²) >= 11 is 6.15. The molecule has 96 valence electrons. The lowest BCUT2D eigenvalue weighted by Crippen LogP contribution is -2.23. The van der Waals surface area contributed by atoms with Crippen molar-refractivity contribution in [3.63, 3.8) is 0 Å². The Morgan fingerprint density at radius 1 is 1.44 bits per heavy atom. The van der Waals surface area contributed by atoms with Gasteiger partial charge in [-0.15, -0.1) is 0 Å². The van der Waals surface area contributed by atoms with Crippen LogP contribution in [0.4, 0.5) is 0 Å². The molecule has 0 saturated carbocycles. The molecule has 1 N–H and O–H groups in total. The van der Waals surface area contributed by atoms with Crippen molar-refractivity contribution in [3.8, 4) is 0 Å². The van der Waals surface area contributed by atoms with Crippen LogP contribution >= 0.6 is 11.6 Å². The number of nitrogens with one attached hydrogen (secondary N) is 1. The predicted molar refractivity (Wildman–Crippen MR) is 72.7 cm³/mol. The molecule has 1 unspecified atom stereocenters. The van der Waals surface area contributed by atoms with Gasteiger partial charge in [-0.05, 0) is 37.1 Å². The molecule has 2 heterocycles. The summed E-state index contributed by atoms with van der Waals surface area (Å²) in [6, 6.07) is 4.18. The Hall–Kier alpha value is -1.32. The van der Waals surface area contributed by atoms with E-state index >= 15 is 0 Å². The number of aromatic nitrogens is 1. The Kier molecular flexibility index (Phi) is 4.79. The van der Waals surface area contributed by atoms with Crippen LogP contribution in [0.2, 0.25) is 5.02 Å². The molecule has 2 aromatic rings. The largest absolute Gasteiger partial charge is 0.472 e. The van der Waals surface area contributed by atoms with Crippen molar-refractivity contribution in [1.29, 1.82) is 0 Å². The van der Waals surface area contributed by atoms with Crippen LogP contribution in [-0.4, -0.2) is 11.5 Å². The monoisotopic (exact) mass is 264 g/mol. The summed E-state index contributed by atoms with van der Waals surface area (Å²) in [6.07, 6.45) is 8.86. The number of rotatable bonds is 6. The molecule has 0 fully saturated rings. The van der Waals surface area contributed by atoms with Crippen LogP contribution in [-0.2, 0) is 6.42 Å². The summed E-state index contributed by atoms with van der Waals surface area (Å²) in [7, 11) is 0. The van der Waals surface area contributed by atoms with Crippen LogP contribution < -0.4 is 5.32 Å². The second kappa shape index (κ2) is 6.57. The van der Waals surface area contributed by atoms with Gasteiger partial charge in [-0.1, -0.05) is 18.5 Å². The fourth-order valence-electron chi connectivity index (χ4n) is 1.89. The van der Waals surface area contributed by atoms with Crippen LogP contribution in [0.25, 0.3) is 0 Å². The van der Waals surface area contributed by atoms with Gasteiger partial charge in [0.05, 0.1) is 17.5 Å². The second-order valence-electron chi connectivity index (χ2n) is 4.23. The molecular formula is C14H17ClN2O. The zero-order valence-electron chi connectivity index (χ0n) is 10.4. The topological polar surface area (TPSA) is 38.1 Å². The fourth-order valence-corrected chi connectivity index (χ4v) is 2.09. The van der Waals surface area contributed by atoms with Gasteiger partial charge < -0.3 is 9.73 Å². The third-order valence-electron chi connectivity index (χ3n) is 2.87. The van der Waals surface area contributed by atoms with Gasteiger partial charge in [-0.25, -0.2) is 0 Å². The average molecular weight is 265 g/mol. The number of hydrogen-bond acceptors (Lipinski definition) is 3. The molecular weight excluding hydrogens is 248 g/mol. The van der Waals surface area contributed by atoms with Crippen molar-refractivity contribution in [2.45, 2.75) is 25.8 Å². The smallest absolute Gasteiger partial charge is 0.0950 e. The summed E-state index contributed by atoms with van der Waals surface area (Å²) in [4.78, 5) is 4.01. The number of pyridine rings is 1. The molecule has 2 rings (SSSR count). The highest BCUT2D eigenvalue weighted by molar-refractivity contribution is 6.31. The molecule has 18 heavy (non-hydrogen) atoms. The van der Waals surface area contributed by atoms with E-state index in [1.165, 1.54) is 0 Å². The maximum atomic E-state index is 6.15. The third kappa shape index (κ3) is 3.34. The molecule has 0 aliphatic rings. The maximum Gasteiger partial charge on any atom is 0.0950 e. The molecule has 0 spiro atoms. The Morgan fingerprint density at radius 3 is 3.00 bits per heavy atom. The minimum Gasteiger partial charge on any atom is -0.472 e. The minimum atomic E-state index is 0.226. The molecule has 0 saturated heterocycles. The van der Waals surface area contributed by atoms with E-state index < -0.39 is 0 Å². The fraction of sp³-hybridized carbons (Fsp3) is 0.357. The van der Waals surface area contributed by atoms with Crippen molar-refractivity contribution < 1.29 is 4.42 Å². The lowest BCUT2D eigenvalue weighted by Gasteiger charge is -2.17. The van der Waals surface area contributed by atoms with Crippen LogP contribution in [0.3, 0.4) is 0 Å². The first-order chi connectivity index (χ1) is 8.81. The highest BCUT2D eigenvalue weighted by Crippen LogP contribution is 2.23. The summed E-state index contributed by atoms with van der Waals surface area (Å²) in [5.41, 5.74) is 2.25. The molecule has 0 radical (unpaired) electrons. The maximum absolute atomic E-state index is 6.15. The van der Waals surface area contributed by atoms with Crippen molar-refractivity contribution in [2.24, 2.45) is 0 Å². The zero-order chi connectivity index (χ0) is 12.8. The summed E-state index contributed by atoms with van der Waals surface area (Å²) in [5.74, 6) is 0. The van der Waals surface area contributed by atoms with E-state index in [9.17, 15) is 0 Å². The van der Waals surface area contributed by atoms with Gasteiger partial charge in [0.1, 0.15) is 0 Å². The highest BCUT2D eigenvalue weighted by Gasteiger charge is 2.14. The Labute approximate surface area is 112 Å². The van der Waals surface area contributed by atoms with Crippen molar-refractivity contribution in [2.75, 3.05) is 6.54 Å². The standard InChI is InChI=1S/C14H17ClN2O/c1-2-5-17-14(12-4-7-18-10-12)8-11-3-6-16-9-13(11)15/h3-4,6-7,9-10,14,17H,2,5,8H2,1H3. The van der Waals surface area contributed by atoms with E-state index in [1.807, 2.05) is 12.1 Å². The molecule has 0 aliphatic heterocycles. The third-order valence-corrected chi connectivity index (χ3v) is 3.21. The molecule has 3 nitrogen and oxygen atoms in total. The molecule has 0 aromatic carbocycles.